The van der Waals surface area contributed by atoms with E-state index >= 15 is 0 Å². The third-order valence-electron chi connectivity index (χ3n) is 3.41. The predicted molar refractivity (Wildman–Crippen MR) is 73.1 cm³/mol. The zero-order valence-electron chi connectivity index (χ0n) is 10.7. The highest BCUT2D eigenvalue weighted by Crippen LogP contribution is 2.33. The highest BCUT2D eigenvalue weighted by Gasteiger charge is 2.25. The van der Waals surface area contributed by atoms with E-state index < -0.39 is 0 Å². The van der Waals surface area contributed by atoms with Gasteiger partial charge in [-0.1, -0.05) is 11.6 Å². The van der Waals surface area contributed by atoms with Crippen molar-refractivity contribution >= 4 is 22.6 Å². The van der Waals surface area contributed by atoms with E-state index in [0.717, 1.165) is 41.3 Å². The summed E-state index contributed by atoms with van der Waals surface area (Å²) < 4.78 is 8.02. The van der Waals surface area contributed by atoms with Crippen molar-refractivity contribution in [2.75, 3.05) is 6.61 Å². The van der Waals surface area contributed by atoms with E-state index in [1.165, 1.54) is 0 Å². The Kier molecular flexibility index (Phi) is 3.04. The Balaban J connectivity index is 2.20. The summed E-state index contributed by atoms with van der Waals surface area (Å²) in [6.45, 7) is 5.17. The van der Waals surface area contributed by atoms with Crippen molar-refractivity contribution in [2.45, 2.75) is 38.8 Å². The molecule has 1 aromatic heterocycles. The molecule has 1 unspecified atom stereocenters. The fourth-order valence-corrected chi connectivity index (χ4v) is 2.80. The Morgan fingerprint density at radius 3 is 2.94 bits per heavy atom. The van der Waals surface area contributed by atoms with E-state index in [1.807, 2.05) is 18.2 Å². The van der Waals surface area contributed by atoms with Crippen molar-refractivity contribution in [3.8, 4) is 0 Å². The van der Waals surface area contributed by atoms with E-state index in [1.54, 1.807) is 0 Å². The molecule has 1 atom stereocenters. The van der Waals surface area contributed by atoms with Crippen molar-refractivity contribution in [3.05, 3.63) is 29.0 Å². The molecule has 2 heterocycles. The first-order valence-electron chi connectivity index (χ1n) is 6.46. The fourth-order valence-electron chi connectivity index (χ4n) is 2.64. The Hall–Kier alpha value is -1.06. The second-order valence-corrected chi connectivity index (χ2v) is 5.50. The van der Waals surface area contributed by atoms with Gasteiger partial charge in [-0.05, 0) is 44.9 Å². The Labute approximate surface area is 112 Å². The van der Waals surface area contributed by atoms with Gasteiger partial charge in [-0.3, -0.25) is 0 Å². The van der Waals surface area contributed by atoms with Crippen LogP contribution in [-0.4, -0.2) is 16.2 Å². The van der Waals surface area contributed by atoms with E-state index in [-0.39, 0.29) is 6.10 Å². The summed E-state index contributed by atoms with van der Waals surface area (Å²) in [6, 6.07) is 6.21. The average molecular weight is 265 g/mol. The third-order valence-corrected chi connectivity index (χ3v) is 3.65. The number of hydrogen-bond donors (Lipinski definition) is 0. The first-order valence-corrected chi connectivity index (χ1v) is 6.83. The van der Waals surface area contributed by atoms with Crippen LogP contribution < -0.4 is 0 Å². The van der Waals surface area contributed by atoms with Crippen LogP contribution in [0.2, 0.25) is 5.02 Å². The van der Waals surface area contributed by atoms with E-state index in [4.69, 9.17) is 21.3 Å². The van der Waals surface area contributed by atoms with Gasteiger partial charge in [0.2, 0.25) is 0 Å². The molecular weight excluding hydrogens is 248 g/mol. The molecule has 4 heteroatoms. The summed E-state index contributed by atoms with van der Waals surface area (Å²) in [7, 11) is 0. The quantitative estimate of drug-likeness (QED) is 0.816. The van der Waals surface area contributed by atoms with Crippen molar-refractivity contribution in [2.24, 2.45) is 0 Å². The monoisotopic (exact) mass is 264 g/mol. The number of rotatable bonds is 2. The molecular formula is C14H17ClN2O. The molecule has 1 aliphatic rings. The van der Waals surface area contributed by atoms with E-state index in [9.17, 15) is 0 Å². The van der Waals surface area contributed by atoms with Gasteiger partial charge >= 0.3 is 0 Å². The van der Waals surface area contributed by atoms with E-state index in [2.05, 4.69) is 18.4 Å². The topological polar surface area (TPSA) is 27.1 Å². The van der Waals surface area contributed by atoms with Crippen LogP contribution in [-0.2, 0) is 4.74 Å². The molecule has 18 heavy (non-hydrogen) atoms. The van der Waals surface area contributed by atoms with E-state index in [0.29, 0.717) is 6.04 Å². The lowest BCUT2D eigenvalue weighted by molar-refractivity contribution is 0.101. The Bertz CT molecular complexity index is 570. The molecule has 0 bridgehead atoms. The average Bonchev–Trinajstić information content (AvgIpc) is 2.94. The molecule has 96 valence electrons. The molecule has 1 fully saturated rings. The van der Waals surface area contributed by atoms with Crippen molar-refractivity contribution in [1.29, 1.82) is 0 Å². The number of imidazole rings is 1. The predicted octanol–water partition coefficient (Wildman–Crippen LogP) is 4.12. The Morgan fingerprint density at radius 2 is 2.28 bits per heavy atom. The second-order valence-electron chi connectivity index (χ2n) is 5.07. The standard InChI is InChI=1S/C14H17ClN2O/c1-9(2)17-12-8-10(15)5-6-11(12)16-14(17)13-4-3-7-18-13/h5-6,8-9,13H,3-4,7H2,1-2H3. The van der Waals surface area contributed by atoms with Crippen LogP contribution in [0.5, 0.6) is 0 Å². The summed E-state index contributed by atoms with van der Waals surface area (Å²) in [5.41, 5.74) is 2.10. The van der Waals surface area contributed by atoms with Gasteiger partial charge in [0.15, 0.2) is 0 Å². The van der Waals surface area contributed by atoms with Gasteiger partial charge in [0.25, 0.3) is 0 Å². The maximum atomic E-state index is 6.09. The maximum absolute atomic E-state index is 6.09. The number of ether oxygens (including phenoxy) is 1. The molecule has 1 aromatic carbocycles. The number of nitrogens with zero attached hydrogens (tertiary/aromatic N) is 2. The number of halogens is 1. The van der Waals surface area contributed by atoms with Gasteiger partial charge < -0.3 is 9.30 Å². The van der Waals surface area contributed by atoms with Gasteiger partial charge in [-0.2, -0.15) is 0 Å². The lowest BCUT2D eigenvalue weighted by atomic mass is 10.2. The highest BCUT2D eigenvalue weighted by atomic mass is 35.5. The highest BCUT2D eigenvalue weighted by molar-refractivity contribution is 6.31. The van der Waals surface area contributed by atoms with Gasteiger partial charge in [0, 0.05) is 17.7 Å². The summed E-state index contributed by atoms with van der Waals surface area (Å²) in [4.78, 5) is 4.74. The number of fused-ring (bicyclic) bond motifs is 1. The lowest BCUT2D eigenvalue weighted by Gasteiger charge is -2.16. The zero-order chi connectivity index (χ0) is 12.7. The number of aromatic nitrogens is 2. The molecule has 3 nitrogen and oxygen atoms in total. The van der Waals surface area contributed by atoms with Gasteiger partial charge in [0.1, 0.15) is 11.9 Å². The maximum Gasteiger partial charge on any atom is 0.139 e. The van der Waals surface area contributed by atoms with Gasteiger partial charge in [-0.15, -0.1) is 0 Å². The molecule has 1 aliphatic heterocycles. The fraction of sp³-hybridized carbons (Fsp3) is 0.500. The molecule has 0 spiro atoms. The van der Waals surface area contributed by atoms with Gasteiger partial charge in [0.05, 0.1) is 11.0 Å². The Morgan fingerprint density at radius 1 is 1.44 bits per heavy atom. The molecule has 3 rings (SSSR count). The first-order chi connectivity index (χ1) is 8.66. The van der Waals surface area contributed by atoms with Gasteiger partial charge in [-0.25, -0.2) is 4.98 Å². The van der Waals surface area contributed by atoms with Crippen LogP contribution in [0.25, 0.3) is 11.0 Å². The minimum absolute atomic E-state index is 0.138. The lowest BCUT2D eigenvalue weighted by Crippen LogP contribution is -2.10. The second kappa shape index (κ2) is 4.56. The van der Waals surface area contributed by atoms with Crippen LogP contribution in [0, 0.1) is 0 Å². The summed E-state index contributed by atoms with van der Waals surface area (Å²) in [5, 5.41) is 0.753. The summed E-state index contributed by atoms with van der Waals surface area (Å²) >= 11 is 6.09. The third kappa shape index (κ3) is 1.91. The summed E-state index contributed by atoms with van der Waals surface area (Å²) in [6.07, 6.45) is 2.31. The molecule has 0 saturated carbocycles. The van der Waals surface area contributed by atoms with Crippen molar-refractivity contribution < 1.29 is 4.74 Å². The molecule has 0 amide bonds. The SMILES string of the molecule is CC(C)n1c(C2CCCO2)nc2ccc(Cl)cc21. The van der Waals surface area contributed by atoms with Crippen LogP contribution in [0.4, 0.5) is 0 Å². The largest absolute Gasteiger partial charge is 0.370 e. The molecule has 0 radical (unpaired) electrons. The summed E-state index contributed by atoms with van der Waals surface area (Å²) in [5.74, 6) is 1.04. The van der Waals surface area contributed by atoms with Crippen LogP contribution in [0.15, 0.2) is 18.2 Å². The van der Waals surface area contributed by atoms with Crippen LogP contribution in [0.3, 0.4) is 0 Å². The smallest absolute Gasteiger partial charge is 0.139 e. The number of benzene rings is 1. The number of hydrogen-bond acceptors (Lipinski definition) is 2. The molecule has 1 saturated heterocycles. The molecule has 0 aliphatic carbocycles. The van der Waals surface area contributed by atoms with Crippen molar-refractivity contribution in [3.63, 3.8) is 0 Å². The normalized spacial score (nSPS) is 20.1. The van der Waals surface area contributed by atoms with Crippen LogP contribution >= 0.6 is 11.6 Å². The minimum atomic E-state index is 0.138. The minimum Gasteiger partial charge on any atom is -0.370 e. The molecule has 0 N–H and O–H groups in total. The zero-order valence-corrected chi connectivity index (χ0v) is 11.4. The molecule has 2 aromatic rings. The van der Waals surface area contributed by atoms with Crippen LogP contribution in [0.1, 0.15) is 44.7 Å². The first kappa shape index (κ1) is 12.0. The van der Waals surface area contributed by atoms with Crippen molar-refractivity contribution in [1.82, 2.24) is 9.55 Å².